The van der Waals surface area contributed by atoms with Gasteiger partial charge in [-0.05, 0) is 47.0 Å². The zero-order valence-electron chi connectivity index (χ0n) is 6.19. The highest BCUT2D eigenvalue weighted by atomic mass is 79.9. The predicted octanol–water partition coefficient (Wildman–Crippen LogP) is 3.94. The van der Waals surface area contributed by atoms with E-state index in [1.54, 1.807) is 0 Å². The molecule has 1 atom stereocenters. The van der Waals surface area contributed by atoms with E-state index in [4.69, 9.17) is 0 Å². The lowest BCUT2D eigenvalue weighted by Gasteiger charge is -1.96. The summed E-state index contributed by atoms with van der Waals surface area (Å²) in [5.41, 5.74) is 1.34. The summed E-state index contributed by atoms with van der Waals surface area (Å²) < 4.78 is 1.23. The lowest BCUT2D eigenvalue weighted by atomic mass is 10.2. The van der Waals surface area contributed by atoms with Gasteiger partial charge in [-0.25, -0.2) is 0 Å². The monoisotopic (exact) mass is 226 g/mol. The zero-order chi connectivity index (χ0) is 7.84. The van der Waals surface area contributed by atoms with Crippen molar-refractivity contribution in [3.05, 3.63) is 34.0 Å². The summed E-state index contributed by atoms with van der Waals surface area (Å²) in [5.74, 6) is 2.23. The molecule has 0 N–H and O–H groups in total. The van der Waals surface area contributed by atoms with E-state index in [0.29, 0.717) is 0 Å². The molecule has 0 nitrogen and oxygen atoms in total. The molecule has 1 heterocycles. The third-order valence-electron chi connectivity index (χ3n) is 1.76. The van der Waals surface area contributed by atoms with Crippen molar-refractivity contribution in [3.63, 3.8) is 0 Å². The summed E-state index contributed by atoms with van der Waals surface area (Å²) in [6.07, 6.45) is 0. The number of hydrogen-bond acceptors (Lipinski definition) is 0. The van der Waals surface area contributed by atoms with Crippen LogP contribution in [0.2, 0.25) is 0 Å². The predicted molar refractivity (Wildman–Crippen MR) is 55.9 cm³/mol. The Kier molecular flexibility index (Phi) is 1.78. The van der Waals surface area contributed by atoms with Crippen LogP contribution in [-0.4, -0.2) is 0 Å². The van der Waals surface area contributed by atoms with Gasteiger partial charge in [0.2, 0.25) is 0 Å². The molecule has 0 bridgehead atoms. The molecule has 0 amide bonds. The van der Waals surface area contributed by atoms with Crippen molar-refractivity contribution in [3.8, 4) is 0 Å². The molecule has 2 aromatic rings. The van der Waals surface area contributed by atoms with Crippen LogP contribution < -0.4 is 0 Å². The molecule has 56 valence electrons. The Morgan fingerprint density at radius 2 is 2.18 bits per heavy atom. The van der Waals surface area contributed by atoms with Crippen LogP contribution in [0.4, 0.5) is 0 Å². The summed E-state index contributed by atoms with van der Waals surface area (Å²) in [4.78, 5) is 0. The molecule has 0 aliphatic rings. The van der Waals surface area contributed by atoms with Gasteiger partial charge in [-0.2, -0.15) is 0 Å². The molecule has 2 heteroatoms. The van der Waals surface area contributed by atoms with E-state index in [9.17, 15) is 0 Å². The normalized spacial score (nSPS) is 11.5. The van der Waals surface area contributed by atoms with Crippen LogP contribution in [0, 0.1) is 6.92 Å². The molecular formula is C9H8BrP. The van der Waals surface area contributed by atoms with Gasteiger partial charge in [0.05, 0.1) is 0 Å². The van der Waals surface area contributed by atoms with E-state index in [1.165, 1.54) is 20.5 Å². The molecule has 0 aliphatic heterocycles. The molecule has 0 saturated heterocycles. The SMILES string of the molecule is Cc1cc(Br)c2cc[pH]c2c1. The summed E-state index contributed by atoms with van der Waals surface area (Å²) in [6, 6.07) is 6.62. The second kappa shape index (κ2) is 2.66. The highest BCUT2D eigenvalue weighted by Gasteiger charge is 1.98. The van der Waals surface area contributed by atoms with E-state index >= 15 is 0 Å². The standard InChI is InChI=1S/C9H8BrP/c1-6-4-8(10)7-2-3-11-9(7)5-6/h2-5,11H,1H3. The number of fused-ring (bicyclic) bond motifs is 1. The Morgan fingerprint density at radius 1 is 1.36 bits per heavy atom. The summed E-state index contributed by atoms with van der Waals surface area (Å²) in [5, 5.41) is 2.84. The molecule has 0 aliphatic carbocycles. The maximum absolute atomic E-state index is 3.55. The minimum atomic E-state index is 0.862. The molecular weight excluding hydrogens is 219 g/mol. The first-order chi connectivity index (χ1) is 5.27. The Hall–Kier alpha value is -0.260. The second-order valence-corrected chi connectivity index (χ2v) is 4.70. The van der Waals surface area contributed by atoms with Gasteiger partial charge in [-0.15, -0.1) is 8.19 Å². The van der Waals surface area contributed by atoms with E-state index in [2.05, 4.69) is 46.9 Å². The number of rotatable bonds is 0. The molecule has 0 radical (unpaired) electrons. The van der Waals surface area contributed by atoms with E-state index in [-0.39, 0.29) is 0 Å². The van der Waals surface area contributed by atoms with Crippen molar-refractivity contribution < 1.29 is 0 Å². The van der Waals surface area contributed by atoms with Gasteiger partial charge < -0.3 is 0 Å². The van der Waals surface area contributed by atoms with Crippen molar-refractivity contribution in [2.75, 3.05) is 0 Å². The van der Waals surface area contributed by atoms with Crippen LogP contribution in [0.25, 0.3) is 10.5 Å². The van der Waals surface area contributed by atoms with Gasteiger partial charge in [0, 0.05) is 4.47 Å². The minimum Gasteiger partial charge on any atom is -0.132 e. The van der Waals surface area contributed by atoms with Gasteiger partial charge in [0.15, 0.2) is 0 Å². The van der Waals surface area contributed by atoms with Crippen molar-refractivity contribution in [2.24, 2.45) is 0 Å². The van der Waals surface area contributed by atoms with E-state index < -0.39 is 0 Å². The van der Waals surface area contributed by atoms with Crippen LogP contribution in [0.3, 0.4) is 0 Å². The Balaban J connectivity index is 2.91. The minimum absolute atomic E-state index is 0.862. The molecule has 0 spiro atoms. The number of hydrogen-bond donors (Lipinski definition) is 0. The van der Waals surface area contributed by atoms with E-state index in [0.717, 1.165) is 8.19 Å². The third kappa shape index (κ3) is 1.23. The highest BCUT2D eigenvalue weighted by molar-refractivity contribution is 9.10. The summed E-state index contributed by atoms with van der Waals surface area (Å²) in [7, 11) is 0.862. The number of aryl methyl sites for hydroxylation is 1. The van der Waals surface area contributed by atoms with Crippen molar-refractivity contribution in [2.45, 2.75) is 6.92 Å². The zero-order valence-corrected chi connectivity index (χ0v) is 8.77. The summed E-state index contributed by atoms with van der Waals surface area (Å²) >= 11 is 3.55. The number of halogens is 1. The van der Waals surface area contributed by atoms with Crippen LogP contribution in [0.5, 0.6) is 0 Å². The third-order valence-corrected chi connectivity index (χ3v) is 3.48. The topological polar surface area (TPSA) is 0 Å². The first kappa shape index (κ1) is 7.39. The quantitative estimate of drug-likeness (QED) is 0.639. The van der Waals surface area contributed by atoms with Crippen molar-refractivity contribution in [1.82, 2.24) is 0 Å². The first-order valence-electron chi connectivity index (χ1n) is 3.50. The van der Waals surface area contributed by atoms with Gasteiger partial charge >= 0.3 is 0 Å². The first-order valence-corrected chi connectivity index (χ1v) is 5.37. The van der Waals surface area contributed by atoms with Crippen molar-refractivity contribution >= 4 is 34.6 Å². The second-order valence-electron chi connectivity index (χ2n) is 2.69. The fraction of sp³-hybridized carbons (Fsp3) is 0.111. The molecule has 0 fully saturated rings. The molecule has 11 heavy (non-hydrogen) atoms. The van der Waals surface area contributed by atoms with E-state index in [1.807, 2.05) is 0 Å². The van der Waals surface area contributed by atoms with Gasteiger partial charge in [-0.3, -0.25) is 0 Å². The van der Waals surface area contributed by atoms with Gasteiger partial charge in [-0.1, -0.05) is 15.9 Å². The van der Waals surface area contributed by atoms with Crippen LogP contribution >= 0.6 is 24.1 Å². The Bertz CT molecular complexity index is 389. The maximum Gasteiger partial charge on any atom is 0.0259 e. The smallest absolute Gasteiger partial charge is 0.0259 e. The number of benzene rings is 1. The van der Waals surface area contributed by atoms with Crippen LogP contribution in [0.15, 0.2) is 28.5 Å². The largest absolute Gasteiger partial charge is 0.132 e. The lowest BCUT2D eigenvalue weighted by Crippen LogP contribution is -1.71. The maximum atomic E-state index is 3.55. The van der Waals surface area contributed by atoms with Gasteiger partial charge in [0.25, 0.3) is 0 Å². The molecule has 1 unspecified atom stereocenters. The Labute approximate surface area is 75.8 Å². The highest BCUT2D eigenvalue weighted by Crippen LogP contribution is 2.31. The average molecular weight is 227 g/mol. The Morgan fingerprint density at radius 3 is 3.00 bits per heavy atom. The fourth-order valence-electron chi connectivity index (χ4n) is 1.26. The van der Waals surface area contributed by atoms with Crippen LogP contribution in [0.1, 0.15) is 5.56 Å². The van der Waals surface area contributed by atoms with Crippen molar-refractivity contribution in [1.29, 1.82) is 0 Å². The fourth-order valence-corrected chi connectivity index (χ4v) is 3.26. The molecule has 1 aromatic heterocycles. The molecule has 1 aromatic carbocycles. The lowest BCUT2D eigenvalue weighted by molar-refractivity contribution is 1.50. The average Bonchev–Trinajstić information content (AvgIpc) is 2.34. The summed E-state index contributed by atoms with van der Waals surface area (Å²) in [6.45, 7) is 2.13. The molecule has 2 rings (SSSR count). The van der Waals surface area contributed by atoms with Gasteiger partial charge in [0.1, 0.15) is 0 Å². The van der Waals surface area contributed by atoms with Crippen LogP contribution in [-0.2, 0) is 0 Å². The molecule has 0 saturated carbocycles.